The van der Waals surface area contributed by atoms with Gasteiger partial charge in [-0.15, -0.1) is 0 Å². The first-order valence-electron chi connectivity index (χ1n) is 4.57. The van der Waals surface area contributed by atoms with Crippen molar-refractivity contribution in [2.24, 2.45) is 0 Å². The summed E-state index contributed by atoms with van der Waals surface area (Å²) < 4.78 is 0. The molecule has 1 rings (SSSR count). The molecule has 1 aromatic rings. The van der Waals surface area contributed by atoms with E-state index in [-0.39, 0.29) is 0 Å². The van der Waals surface area contributed by atoms with Crippen LogP contribution in [0.3, 0.4) is 0 Å². The molecule has 1 atom stereocenters. The summed E-state index contributed by atoms with van der Waals surface area (Å²) in [5.74, 6) is 0. The lowest BCUT2D eigenvalue weighted by molar-refractivity contribution is 1.10. The molecular formula is C11H16S2. The van der Waals surface area contributed by atoms with Gasteiger partial charge in [0, 0.05) is 10.5 Å². The van der Waals surface area contributed by atoms with E-state index in [4.69, 9.17) is 0 Å². The van der Waals surface area contributed by atoms with Crippen molar-refractivity contribution < 1.29 is 0 Å². The van der Waals surface area contributed by atoms with Gasteiger partial charge >= 0.3 is 0 Å². The fourth-order valence-electron chi connectivity index (χ4n) is 0.974. The SMILES string of the molecule is CC(C)SSC(C)c1ccccc1. The predicted octanol–water partition coefficient (Wildman–Crippen LogP) is 4.54. The van der Waals surface area contributed by atoms with Gasteiger partial charge in [-0.3, -0.25) is 0 Å². The van der Waals surface area contributed by atoms with E-state index in [2.05, 4.69) is 51.1 Å². The van der Waals surface area contributed by atoms with Crippen molar-refractivity contribution in [1.82, 2.24) is 0 Å². The van der Waals surface area contributed by atoms with Gasteiger partial charge in [0.25, 0.3) is 0 Å². The van der Waals surface area contributed by atoms with E-state index >= 15 is 0 Å². The van der Waals surface area contributed by atoms with E-state index in [1.165, 1.54) is 5.56 Å². The van der Waals surface area contributed by atoms with E-state index in [9.17, 15) is 0 Å². The Hall–Kier alpha value is -0.0800. The molecule has 13 heavy (non-hydrogen) atoms. The Balaban J connectivity index is 2.44. The molecule has 0 aromatic heterocycles. The zero-order valence-corrected chi connectivity index (χ0v) is 9.99. The van der Waals surface area contributed by atoms with Crippen LogP contribution in [0.5, 0.6) is 0 Å². The first-order valence-corrected chi connectivity index (χ1v) is 6.85. The second-order valence-corrected chi connectivity index (χ2v) is 6.48. The molecule has 0 aliphatic rings. The van der Waals surface area contributed by atoms with E-state index in [1.807, 2.05) is 21.6 Å². The summed E-state index contributed by atoms with van der Waals surface area (Å²) in [7, 11) is 3.91. The lowest BCUT2D eigenvalue weighted by atomic mass is 10.2. The van der Waals surface area contributed by atoms with Crippen molar-refractivity contribution in [3.8, 4) is 0 Å². The van der Waals surface area contributed by atoms with Crippen LogP contribution >= 0.6 is 21.6 Å². The lowest BCUT2D eigenvalue weighted by Crippen LogP contribution is -1.88. The number of benzene rings is 1. The smallest absolute Gasteiger partial charge is 0.0372 e. The summed E-state index contributed by atoms with van der Waals surface area (Å²) in [5.41, 5.74) is 1.42. The number of hydrogen-bond acceptors (Lipinski definition) is 2. The average Bonchev–Trinajstić information content (AvgIpc) is 2.15. The van der Waals surface area contributed by atoms with Gasteiger partial charge in [-0.2, -0.15) is 0 Å². The van der Waals surface area contributed by atoms with Crippen LogP contribution in [0, 0.1) is 0 Å². The Bertz CT molecular complexity index is 231. The van der Waals surface area contributed by atoms with Crippen molar-refractivity contribution in [2.45, 2.75) is 31.3 Å². The largest absolute Gasteiger partial charge is 0.0907 e. The maximum absolute atomic E-state index is 2.26. The summed E-state index contributed by atoms with van der Waals surface area (Å²) in [6.07, 6.45) is 0. The summed E-state index contributed by atoms with van der Waals surface area (Å²) in [6.45, 7) is 6.72. The summed E-state index contributed by atoms with van der Waals surface area (Å²) >= 11 is 0. The average molecular weight is 212 g/mol. The highest BCUT2D eigenvalue weighted by Gasteiger charge is 2.06. The van der Waals surface area contributed by atoms with Crippen LogP contribution in [0.1, 0.15) is 31.6 Å². The van der Waals surface area contributed by atoms with Crippen LogP contribution in [0.4, 0.5) is 0 Å². The van der Waals surface area contributed by atoms with Gasteiger partial charge in [0.2, 0.25) is 0 Å². The van der Waals surface area contributed by atoms with Crippen LogP contribution in [0.2, 0.25) is 0 Å². The van der Waals surface area contributed by atoms with Crippen molar-refractivity contribution in [2.75, 3.05) is 0 Å². The molecule has 72 valence electrons. The van der Waals surface area contributed by atoms with Crippen LogP contribution in [-0.2, 0) is 0 Å². The molecule has 0 radical (unpaired) electrons. The van der Waals surface area contributed by atoms with Crippen molar-refractivity contribution in [1.29, 1.82) is 0 Å². The molecule has 0 bridgehead atoms. The minimum absolute atomic E-state index is 0.591. The molecule has 0 saturated carbocycles. The van der Waals surface area contributed by atoms with Crippen LogP contribution in [0.25, 0.3) is 0 Å². The lowest BCUT2D eigenvalue weighted by Gasteiger charge is -2.11. The zero-order valence-electron chi connectivity index (χ0n) is 8.36. The van der Waals surface area contributed by atoms with E-state index in [1.54, 1.807) is 0 Å². The number of rotatable bonds is 4. The molecule has 0 nitrogen and oxygen atoms in total. The molecule has 1 aromatic carbocycles. The Morgan fingerprint density at radius 2 is 1.54 bits per heavy atom. The van der Waals surface area contributed by atoms with Gasteiger partial charge in [-0.05, 0) is 12.5 Å². The van der Waals surface area contributed by atoms with Gasteiger partial charge in [0.05, 0.1) is 0 Å². The molecule has 0 N–H and O–H groups in total. The van der Waals surface area contributed by atoms with E-state index in [0.717, 1.165) is 0 Å². The topological polar surface area (TPSA) is 0 Å². The monoisotopic (exact) mass is 212 g/mol. The van der Waals surface area contributed by atoms with Gasteiger partial charge in [-0.1, -0.05) is 65.8 Å². The summed E-state index contributed by atoms with van der Waals surface area (Å²) in [5, 5.41) is 1.30. The Morgan fingerprint density at radius 1 is 0.923 bits per heavy atom. The molecule has 2 heteroatoms. The molecule has 0 aliphatic heterocycles. The minimum atomic E-state index is 0.591. The van der Waals surface area contributed by atoms with E-state index in [0.29, 0.717) is 10.5 Å². The second-order valence-electron chi connectivity index (χ2n) is 3.29. The predicted molar refractivity (Wildman–Crippen MR) is 65.2 cm³/mol. The van der Waals surface area contributed by atoms with Crippen LogP contribution < -0.4 is 0 Å². The van der Waals surface area contributed by atoms with Crippen LogP contribution in [-0.4, -0.2) is 5.25 Å². The number of hydrogen-bond donors (Lipinski definition) is 0. The highest BCUT2D eigenvalue weighted by atomic mass is 33.1. The first-order chi connectivity index (χ1) is 6.20. The maximum Gasteiger partial charge on any atom is 0.0372 e. The van der Waals surface area contributed by atoms with Gasteiger partial charge in [0.1, 0.15) is 0 Å². The van der Waals surface area contributed by atoms with Crippen molar-refractivity contribution >= 4 is 21.6 Å². The fraction of sp³-hybridized carbons (Fsp3) is 0.455. The third-order valence-electron chi connectivity index (χ3n) is 1.66. The summed E-state index contributed by atoms with van der Waals surface area (Å²) in [6, 6.07) is 10.7. The Morgan fingerprint density at radius 3 is 2.08 bits per heavy atom. The Labute approximate surface area is 88.9 Å². The minimum Gasteiger partial charge on any atom is -0.0907 e. The molecule has 0 saturated heterocycles. The quantitative estimate of drug-likeness (QED) is 0.672. The zero-order chi connectivity index (χ0) is 9.68. The molecule has 1 unspecified atom stereocenters. The summed E-state index contributed by atoms with van der Waals surface area (Å²) in [4.78, 5) is 0. The molecule has 0 aliphatic carbocycles. The molecular weight excluding hydrogens is 196 g/mol. The van der Waals surface area contributed by atoms with Gasteiger partial charge in [0.15, 0.2) is 0 Å². The highest BCUT2D eigenvalue weighted by molar-refractivity contribution is 8.77. The van der Waals surface area contributed by atoms with Crippen molar-refractivity contribution in [3.63, 3.8) is 0 Å². The van der Waals surface area contributed by atoms with Crippen LogP contribution in [0.15, 0.2) is 30.3 Å². The standard InChI is InChI=1S/C11H16S2/c1-9(2)12-13-10(3)11-7-5-4-6-8-11/h4-10H,1-3H3. The fourth-order valence-corrected chi connectivity index (χ4v) is 3.13. The second kappa shape index (κ2) is 5.61. The van der Waals surface area contributed by atoms with Gasteiger partial charge < -0.3 is 0 Å². The third-order valence-corrected chi connectivity index (χ3v) is 5.07. The molecule has 0 spiro atoms. The normalized spacial score (nSPS) is 13.2. The molecule has 0 amide bonds. The third kappa shape index (κ3) is 4.10. The molecule has 0 fully saturated rings. The van der Waals surface area contributed by atoms with Gasteiger partial charge in [-0.25, -0.2) is 0 Å². The maximum atomic E-state index is 2.26. The highest BCUT2D eigenvalue weighted by Crippen LogP contribution is 2.39. The molecule has 0 heterocycles. The van der Waals surface area contributed by atoms with Crippen molar-refractivity contribution in [3.05, 3.63) is 35.9 Å². The van der Waals surface area contributed by atoms with E-state index < -0.39 is 0 Å². The first kappa shape index (κ1) is 11.0. The Kier molecular flexibility index (Phi) is 4.74.